The molecule has 1 aromatic heterocycles. The van der Waals surface area contributed by atoms with Crippen molar-refractivity contribution in [3.05, 3.63) is 17.6 Å². The fraction of sp³-hybridized carbons (Fsp3) is 0.636. The molecule has 0 aromatic carbocycles. The van der Waals surface area contributed by atoms with Crippen LogP contribution in [0.5, 0.6) is 0 Å². The highest BCUT2D eigenvalue weighted by atomic mass is 15.0. The van der Waals surface area contributed by atoms with Gasteiger partial charge in [0.25, 0.3) is 0 Å². The van der Waals surface area contributed by atoms with Crippen LogP contribution in [0.4, 0.5) is 5.82 Å². The predicted molar refractivity (Wildman–Crippen MR) is 59.6 cm³/mol. The van der Waals surface area contributed by atoms with Gasteiger partial charge in [-0.3, -0.25) is 0 Å². The molecule has 14 heavy (non-hydrogen) atoms. The van der Waals surface area contributed by atoms with Crippen LogP contribution in [-0.4, -0.2) is 17.0 Å². The highest BCUT2D eigenvalue weighted by molar-refractivity contribution is 5.35. The molecule has 0 radical (unpaired) electrons. The Hall–Kier alpha value is -1.12. The molecule has 0 atom stereocenters. The zero-order valence-corrected chi connectivity index (χ0v) is 9.30. The van der Waals surface area contributed by atoms with Gasteiger partial charge in [-0.25, -0.2) is 9.97 Å². The monoisotopic (exact) mass is 193 g/mol. The minimum absolute atomic E-state index is 0.897. The Morgan fingerprint density at radius 3 is 2.64 bits per heavy atom. The van der Waals surface area contributed by atoms with Crippen molar-refractivity contribution >= 4 is 5.82 Å². The minimum Gasteiger partial charge on any atom is -0.373 e. The summed E-state index contributed by atoms with van der Waals surface area (Å²) in [6.07, 6.45) is 4.36. The van der Waals surface area contributed by atoms with Gasteiger partial charge in [-0.2, -0.15) is 0 Å². The molecule has 1 N–H and O–H groups in total. The largest absolute Gasteiger partial charge is 0.373 e. The fourth-order valence-corrected chi connectivity index (χ4v) is 1.32. The number of nitrogens with one attached hydrogen (secondary N) is 1. The number of hydrogen-bond donors (Lipinski definition) is 1. The van der Waals surface area contributed by atoms with Crippen LogP contribution < -0.4 is 5.32 Å². The first-order valence-electron chi connectivity index (χ1n) is 5.34. The second-order valence-electron chi connectivity index (χ2n) is 3.37. The molecular weight excluding hydrogens is 174 g/mol. The van der Waals surface area contributed by atoms with Crippen molar-refractivity contribution in [3.8, 4) is 0 Å². The Bertz CT molecular complexity index is 262. The predicted octanol–water partition coefficient (Wildman–Crippen LogP) is 2.42. The Balaban J connectivity index is 2.81. The van der Waals surface area contributed by atoms with Crippen LogP contribution in [0.2, 0.25) is 0 Å². The van der Waals surface area contributed by atoms with Gasteiger partial charge < -0.3 is 5.32 Å². The van der Waals surface area contributed by atoms with E-state index in [9.17, 15) is 0 Å². The molecule has 78 valence electrons. The van der Waals surface area contributed by atoms with Crippen molar-refractivity contribution in [1.82, 2.24) is 9.97 Å². The van der Waals surface area contributed by atoms with E-state index in [-0.39, 0.29) is 0 Å². The van der Waals surface area contributed by atoms with Gasteiger partial charge in [0.1, 0.15) is 11.6 Å². The third kappa shape index (κ3) is 2.98. The number of unbranched alkanes of at least 4 members (excludes halogenated alkanes) is 1. The topological polar surface area (TPSA) is 37.8 Å². The summed E-state index contributed by atoms with van der Waals surface area (Å²) >= 11 is 0. The van der Waals surface area contributed by atoms with E-state index >= 15 is 0 Å². The molecule has 1 rings (SSSR count). The smallest absolute Gasteiger partial charge is 0.130 e. The molecule has 0 spiro atoms. The maximum Gasteiger partial charge on any atom is 0.130 e. The Morgan fingerprint density at radius 1 is 1.29 bits per heavy atom. The van der Waals surface area contributed by atoms with Gasteiger partial charge in [0.2, 0.25) is 0 Å². The maximum absolute atomic E-state index is 4.49. The number of nitrogens with zero attached hydrogens (tertiary/aromatic N) is 2. The Morgan fingerprint density at radius 2 is 2.07 bits per heavy atom. The molecule has 0 amide bonds. The van der Waals surface area contributed by atoms with E-state index in [1.165, 1.54) is 12.8 Å². The summed E-state index contributed by atoms with van der Waals surface area (Å²) in [6, 6.07) is 2.04. The third-order valence-electron chi connectivity index (χ3n) is 2.18. The molecule has 1 aromatic rings. The molecule has 0 fully saturated rings. The lowest BCUT2D eigenvalue weighted by Gasteiger charge is -2.05. The Labute approximate surface area is 86.0 Å². The summed E-state index contributed by atoms with van der Waals surface area (Å²) in [5.74, 6) is 1.87. The zero-order valence-electron chi connectivity index (χ0n) is 9.30. The quantitative estimate of drug-likeness (QED) is 0.780. The molecule has 0 saturated carbocycles. The summed E-state index contributed by atoms with van der Waals surface area (Å²) in [6.45, 7) is 4.28. The molecular formula is C11H19N3. The first-order chi connectivity index (χ1) is 6.80. The normalized spacial score (nSPS) is 10.2. The van der Waals surface area contributed by atoms with E-state index in [4.69, 9.17) is 0 Å². The summed E-state index contributed by atoms with van der Waals surface area (Å²) in [5.41, 5.74) is 1.16. The summed E-state index contributed by atoms with van der Waals surface area (Å²) < 4.78 is 0. The van der Waals surface area contributed by atoms with Crippen molar-refractivity contribution in [3.63, 3.8) is 0 Å². The van der Waals surface area contributed by atoms with Crippen LogP contribution >= 0.6 is 0 Å². The molecule has 0 aliphatic heterocycles. The number of aryl methyl sites for hydroxylation is 2. The van der Waals surface area contributed by atoms with Crippen molar-refractivity contribution in [2.45, 2.75) is 39.5 Å². The first-order valence-corrected chi connectivity index (χ1v) is 5.34. The average Bonchev–Trinajstić information content (AvgIpc) is 2.25. The fourth-order valence-electron chi connectivity index (χ4n) is 1.32. The number of anilines is 1. The van der Waals surface area contributed by atoms with E-state index in [0.717, 1.165) is 30.2 Å². The zero-order chi connectivity index (χ0) is 10.4. The van der Waals surface area contributed by atoms with Crippen molar-refractivity contribution in [1.29, 1.82) is 0 Å². The van der Waals surface area contributed by atoms with Gasteiger partial charge in [0.05, 0.1) is 0 Å². The van der Waals surface area contributed by atoms with Gasteiger partial charge in [-0.15, -0.1) is 0 Å². The van der Waals surface area contributed by atoms with Gasteiger partial charge in [0, 0.05) is 25.2 Å². The minimum atomic E-state index is 0.897. The standard InChI is InChI=1S/C11H19N3/c1-4-6-7-9-8-11(12-3)14-10(5-2)13-9/h8H,4-7H2,1-3H3,(H,12,13,14). The molecule has 0 saturated heterocycles. The van der Waals surface area contributed by atoms with Gasteiger partial charge in [-0.05, 0) is 12.8 Å². The van der Waals surface area contributed by atoms with E-state index in [2.05, 4.69) is 29.1 Å². The molecule has 0 unspecified atom stereocenters. The van der Waals surface area contributed by atoms with Crippen molar-refractivity contribution in [2.75, 3.05) is 12.4 Å². The molecule has 3 nitrogen and oxygen atoms in total. The van der Waals surface area contributed by atoms with Crippen LogP contribution in [0.1, 0.15) is 38.2 Å². The lowest BCUT2D eigenvalue weighted by Crippen LogP contribution is -2.02. The first kappa shape index (κ1) is 11.0. The summed E-state index contributed by atoms with van der Waals surface area (Å²) in [5, 5.41) is 3.07. The highest BCUT2D eigenvalue weighted by Gasteiger charge is 2.01. The van der Waals surface area contributed by atoms with Crippen LogP contribution in [0.25, 0.3) is 0 Å². The lowest BCUT2D eigenvalue weighted by atomic mass is 10.2. The summed E-state index contributed by atoms with van der Waals surface area (Å²) in [4.78, 5) is 8.84. The molecule has 0 aliphatic carbocycles. The Kier molecular flexibility index (Phi) is 4.36. The third-order valence-corrected chi connectivity index (χ3v) is 2.18. The second kappa shape index (κ2) is 5.58. The van der Waals surface area contributed by atoms with Crippen molar-refractivity contribution in [2.24, 2.45) is 0 Å². The number of aromatic nitrogens is 2. The lowest BCUT2D eigenvalue weighted by molar-refractivity contribution is 0.762. The average molecular weight is 193 g/mol. The molecule has 1 heterocycles. The van der Waals surface area contributed by atoms with Crippen molar-refractivity contribution < 1.29 is 0 Å². The van der Waals surface area contributed by atoms with Gasteiger partial charge in [-0.1, -0.05) is 20.3 Å². The van der Waals surface area contributed by atoms with E-state index < -0.39 is 0 Å². The summed E-state index contributed by atoms with van der Waals surface area (Å²) in [7, 11) is 1.89. The van der Waals surface area contributed by atoms with Crippen LogP contribution in [0, 0.1) is 0 Å². The second-order valence-corrected chi connectivity index (χ2v) is 3.37. The highest BCUT2D eigenvalue weighted by Crippen LogP contribution is 2.09. The number of rotatable bonds is 5. The van der Waals surface area contributed by atoms with Gasteiger partial charge in [0.15, 0.2) is 0 Å². The van der Waals surface area contributed by atoms with Gasteiger partial charge >= 0.3 is 0 Å². The number of hydrogen-bond acceptors (Lipinski definition) is 3. The van der Waals surface area contributed by atoms with E-state index in [1.807, 2.05) is 13.1 Å². The molecule has 0 aliphatic rings. The van der Waals surface area contributed by atoms with Crippen LogP contribution in [-0.2, 0) is 12.8 Å². The van der Waals surface area contributed by atoms with E-state index in [1.54, 1.807) is 0 Å². The van der Waals surface area contributed by atoms with E-state index in [0.29, 0.717) is 0 Å². The van der Waals surface area contributed by atoms with Crippen LogP contribution in [0.15, 0.2) is 6.07 Å². The maximum atomic E-state index is 4.49. The SMILES string of the molecule is CCCCc1cc(NC)nc(CC)n1. The van der Waals surface area contributed by atoms with Crippen LogP contribution in [0.3, 0.4) is 0 Å². The molecule has 0 bridgehead atoms. The molecule has 3 heteroatoms.